The SMILES string of the molecule is CCCCC(CC)(CCC)[P+](=O)O. The van der Waals surface area contributed by atoms with Gasteiger partial charge >= 0.3 is 8.03 Å². The summed E-state index contributed by atoms with van der Waals surface area (Å²) >= 11 is 0. The molecule has 2 nitrogen and oxygen atoms in total. The van der Waals surface area contributed by atoms with Gasteiger partial charge in [-0.05, 0) is 30.2 Å². The van der Waals surface area contributed by atoms with Gasteiger partial charge in [-0.25, -0.2) is 0 Å². The van der Waals surface area contributed by atoms with Crippen LogP contribution in [0.25, 0.3) is 0 Å². The lowest BCUT2D eigenvalue weighted by molar-refractivity contribution is 0.387. The second-order valence-electron chi connectivity index (χ2n) is 3.70. The molecule has 0 aromatic rings. The van der Waals surface area contributed by atoms with E-state index in [0.717, 1.165) is 38.5 Å². The minimum absolute atomic E-state index is 0.292. The van der Waals surface area contributed by atoms with Crippen LogP contribution in [0.15, 0.2) is 0 Å². The summed E-state index contributed by atoms with van der Waals surface area (Å²) in [7, 11) is -2.02. The number of hydrogen-bond donors (Lipinski definition) is 1. The molecule has 0 heterocycles. The molecule has 0 radical (unpaired) electrons. The van der Waals surface area contributed by atoms with Crippen molar-refractivity contribution in [3.05, 3.63) is 0 Å². The number of rotatable bonds is 7. The maximum absolute atomic E-state index is 11.3. The smallest absolute Gasteiger partial charge is 0.160 e. The molecule has 0 saturated carbocycles. The minimum atomic E-state index is -2.02. The number of hydrogen-bond acceptors (Lipinski definition) is 1. The van der Waals surface area contributed by atoms with Gasteiger partial charge in [-0.1, -0.05) is 33.6 Å². The van der Waals surface area contributed by atoms with E-state index >= 15 is 0 Å². The Morgan fingerprint density at radius 3 is 2.08 bits per heavy atom. The van der Waals surface area contributed by atoms with Crippen molar-refractivity contribution in [1.82, 2.24) is 0 Å². The summed E-state index contributed by atoms with van der Waals surface area (Å²) in [5.74, 6) is 0. The summed E-state index contributed by atoms with van der Waals surface area (Å²) in [5.41, 5.74) is 0. The highest BCUT2D eigenvalue weighted by atomic mass is 31.1. The fraction of sp³-hybridized carbons (Fsp3) is 1.00. The van der Waals surface area contributed by atoms with Crippen molar-refractivity contribution in [2.75, 3.05) is 0 Å². The topological polar surface area (TPSA) is 37.3 Å². The lowest BCUT2D eigenvalue weighted by Gasteiger charge is -2.18. The summed E-state index contributed by atoms with van der Waals surface area (Å²) in [5, 5.41) is -0.292. The molecule has 3 heteroatoms. The second kappa shape index (κ2) is 6.50. The molecule has 0 saturated heterocycles. The largest absolute Gasteiger partial charge is 0.511 e. The average Bonchev–Trinajstić information content (AvgIpc) is 2.12. The Hall–Kier alpha value is 0.0600. The first-order valence-corrected chi connectivity index (χ1v) is 6.50. The van der Waals surface area contributed by atoms with Crippen molar-refractivity contribution >= 4 is 8.03 Å². The van der Waals surface area contributed by atoms with Crippen LogP contribution in [0.2, 0.25) is 0 Å². The van der Waals surface area contributed by atoms with Gasteiger partial charge in [0.15, 0.2) is 5.16 Å². The molecular formula is C10H22O2P+. The first kappa shape index (κ1) is 13.1. The third-order valence-corrected chi connectivity index (χ3v) is 4.35. The molecule has 0 aliphatic rings. The molecule has 0 bridgehead atoms. The zero-order valence-electron chi connectivity index (χ0n) is 9.05. The van der Waals surface area contributed by atoms with E-state index in [2.05, 4.69) is 13.8 Å². The van der Waals surface area contributed by atoms with E-state index in [4.69, 9.17) is 0 Å². The van der Waals surface area contributed by atoms with Crippen molar-refractivity contribution in [3.63, 3.8) is 0 Å². The Labute approximate surface area is 82.6 Å². The predicted molar refractivity (Wildman–Crippen MR) is 57.3 cm³/mol. The van der Waals surface area contributed by atoms with Gasteiger partial charge < -0.3 is 0 Å². The van der Waals surface area contributed by atoms with Crippen LogP contribution in [0.4, 0.5) is 0 Å². The molecule has 0 fully saturated rings. The van der Waals surface area contributed by atoms with Crippen LogP contribution in [0.1, 0.15) is 59.3 Å². The summed E-state index contributed by atoms with van der Waals surface area (Å²) in [6, 6.07) is 0. The lowest BCUT2D eigenvalue weighted by atomic mass is 9.93. The molecule has 2 unspecified atom stereocenters. The molecule has 0 aromatic carbocycles. The van der Waals surface area contributed by atoms with Crippen LogP contribution in [-0.4, -0.2) is 10.0 Å². The monoisotopic (exact) mass is 205 g/mol. The van der Waals surface area contributed by atoms with Crippen LogP contribution in [0.3, 0.4) is 0 Å². The highest BCUT2D eigenvalue weighted by Crippen LogP contribution is 2.45. The van der Waals surface area contributed by atoms with Gasteiger partial charge in [0.2, 0.25) is 0 Å². The van der Waals surface area contributed by atoms with E-state index in [9.17, 15) is 9.46 Å². The molecule has 2 atom stereocenters. The second-order valence-corrected chi connectivity index (χ2v) is 5.20. The Balaban J connectivity index is 4.35. The van der Waals surface area contributed by atoms with Gasteiger partial charge in [-0.3, -0.25) is 0 Å². The van der Waals surface area contributed by atoms with Gasteiger partial charge in [0.05, 0.1) is 0 Å². The molecular weight excluding hydrogens is 183 g/mol. The van der Waals surface area contributed by atoms with E-state index in [1.165, 1.54) is 0 Å². The first-order chi connectivity index (χ1) is 6.13. The van der Waals surface area contributed by atoms with E-state index in [0.29, 0.717) is 0 Å². The van der Waals surface area contributed by atoms with Crippen LogP contribution in [-0.2, 0) is 4.57 Å². The van der Waals surface area contributed by atoms with E-state index in [1.54, 1.807) is 0 Å². The fourth-order valence-corrected chi connectivity index (χ4v) is 2.81. The first-order valence-electron chi connectivity index (χ1n) is 5.29. The van der Waals surface area contributed by atoms with Crippen molar-refractivity contribution in [1.29, 1.82) is 0 Å². The van der Waals surface area contributed by atoms with Gasteiger partial charge in [0.1, 0.15) is 0 Å². The standard InChI is InChI=1S/C10H21O2P/c1-4-7-9-10(6-3,8-5-2)13(11)12/h4-9H2,1-3H3/p+1. The Kier molecular flexibility index (Phi) is 6.53. The van der Waals surface area contributed by atoms with Gasteiger partial charge in [-0.15, -0.1) is 0 Å². The number of unbranched alkanes of at least 4 members (excludes halogenated alkanes) is 1. The van der Waals surface area contributed by atoms with Crippen molar-refractivity contribution in [2.45, 2.75) is 64.5 Å². The Morgan fingerprint density at radius 2 is 1.77 bits per heavy atom. The normalized spacial score (nSPS) is 16.8. The van der Waals surface area contributed by atoms with E-state index in [-0.39, 0.29) is 5.16 Å². The maximum Gasteiger partial charge on any atom is 0.511 e. The highest BCUT2D eigenvalue weighted by molar-refractivity contribution is 7.40. The van der Waals surface area contributed by atoms with Gasteiger partial charge in [0.25, 0.3) is 0 Å². The molecule has 78 valence electrons. The highest BCUT2D eigenvalue weighted by Gasteiger charge is 2.45. The van der Waals surface area contributed by atoms with E-state index < -0.39 is 8.03 Å². The fourth-order valence-electron chi connectivity index (χ4n) is 1.78. The molecule has 1 N–H and O–H groups in total. The van der Waals surface area contributed by atoms with Crippen LogP contribution in [0, 0.1) is 0 Å². The molecule has 0 aliphatic heterocycles. The molecule has 0 spiro atoms. The predicted octanol–water partition coefficient (Wildman–Crippen LogP) is 3.86. The van der Waals surface area contributed by atoms with E-state index in [1.807, 2.05) is 6.92 Å². The summed E-state index contributed by atoms with van der Waals surface area (Å²) in [4.78, 5) is 9.33. The minimum Gasteiger partial charge on any atom is -0.160 e. The summed E-state index contributed by atoms with van der Waals surface area (Å²) in [6.07, 6.45) is 5.78. The molecule has 0 rings (SSSR count). The lowest BCUT2D eigenvalue weighted by Crippen LogP contribution is -2.23. The molecule has 13 heavy (non-hydrogen) atoms. The van der Waals surface area contributed by atoms with Crippen LogP contribution >= 0.6 is 8.03 Å². The third-order valence-electron chi connectivity index (χ3n) is 2.77. The summed E-state index contributed by atoms with van der Waals surface area (Å²) < 4.78 is 11.3. The van der Waals surface area contributed by atoms with Crippen molar-refractivity contribution in [2.24, 2.45) is 0 Å². The quantitative estimate of drug-likeness (QED) is 0.641. The Morgan fingerprint density at radius 1 is 1.15 bits per heavy atom. The van der Waals surface area contributed by atoms with Crippen LogP contribution in [0.5, 0.6) is 0 Å². The molecule has 0 aromatic heterocycles. The Bertz CT molecular complexity index is 159. The van der Waals surface area contributed by atoms with Crippen LogP contribution < -0.4 is 0 Å². The zero-order valence-corrected chi connectivity index (χ0v) is 9.94. The zero-order chi connectivity index (χ0) is 10.3. The van der Waals surface area contributed by atoms with Gasteiger partial charge in [-0.2, -0.15) is 4.89 Å². The van der Waals surface area contributed by atoms with Crippen molar-refractivity contribution in [3.8, 4) is 0 Å². The third kappa shape index (κ3) is 3.74. The van der Waals surface area contributed by atoms with Crippen molar-refractivity contribution < 1.29 is 9.46 Å². The molecule has 0 aliphatic carbocycles. The molecule has 0 amide bonds. The maximum atomic E-state index is 11.3. The van der Waals surface area contributed by atoms with Gasteiger partial charge in [0, 0.05) is 0 Å². The average molecular weight is 205 g/mol. The summed E-state index contributed by atoms with van der Waals surface area (Å²) in [6.45, 7) is 6.22.